The Labute approximate surface area is 157 Å². The number of hydrogen-bond acceptors (Lipinski definition) is 7. The van der Waals surface area contributed by atoms with Gasteiger partial charge in [0.2, 0.25) is 0 Å². The van der Waals surface area contributed by atoms with E-state index in [9.17, 15) is 9.59 Å². The second kappa shape index (κ2) is 9.13. The van der Waals surface area contributed by atoms with Crippen molar-refractivity contribution in [3.05, 3.63) is 42.0 Å². The molecule has 1 N–H and O–H groups in total. The van der Waals surface area contributed by atoms with Crippen LogP contribution in [-0.4, -0.2) is 78.3 Å². The Balaban J connectivity index is 1.49. The van der Waals surface area contributed by atoms with Crippen molar-refractivity contribution in [2.45, 2.75) is 6.42 Å². The number of piperazine rings is 1. The van der Waals surface area contributed by atoms with Crippen LogP contribution in [0.5, 0.6) is 0 Å². The number of anilines is 1. The molecular formula is C18H23N5O4. The number of carbonyl (C=O) groups excluding carboxylic acids is 2. The molecule has 2 aromatic rings. The van der Waals surface area contributed by atoms with Gasteiger partial charge in [0, 0.05) is 46.4 Å². The molecule has 1 saturated heterocycles. The first-order valence-corrected chi connectivity index (χ1v) is 8.87. The number of nitrogens with one attached hydrogen (secondary N) is 1. The van der Waals surface area contributed by atoms with Crippen LogP contribution in [0.1, 0.15) is 27.5 Å². The molecule has 1 aliphatic rings. The Morgan fingerprint density at radius 2 is 1.85 bits per heavy atom. The lowest BCUT2D eigenvalue weighted by Crippen LogP contribution is -2.50. The average Bonchev–Trinajstić information content (AvgIpc) is 3.26. The number of carbonyl (C=O) groups is 2. The first-order valence-electron chi connectivity index (χ1n) is 8.87. The molecule has 144 valence electrons. The molecule has 2 aromatic heterocycles. The summed E-state index contributed by atoms with van der Waals surface area (Å²) in [6.07, 6.45) is 2.33. The van der Waals surface area contributed by atoms with Crippen LogP contribution in [-0.2, 0) is 4.74 Å². The van der Waals surface area contributed by atoms with E-state index in [-0.39, 0.29) is 11.8 Å². The van der Waals surface area contributed by atoms with Crippen LogP contribution >= 0.6 is 0 Å². The summed E-state index contributed by atoms with van der Waals surface area (Å²) in [4.78, 5) is 28.2. The number of ether oxygens (including phenoxy) is 1. The maximum absolute atomic E-state index is 12.6. The van der Waals surface area contributed by atoms with Crippen molar-refractivity contribution in [2.24, 2.45) is 0 Å². The van der Waals surface area contributed by atoms with Crippen molar-refractivity contribution in [3.63, 3.8) is 0 Å². The summed E-state index contributed by atoms with van der Waals surface area (Å²) in [7, 11) is 1.66. The SMILES string of the molecule is COCCCNc1ccc(C(=O)N2CCN(C(=O)c3ccco3)CC2)nn1. The number of hydrogen-bond donors (Lipinski definition) is 1. The zero-order chi connectivity index (χ0) is 19.1. The summed E-state index contributed by atoms with van der Waals surface area (Å²) in [5.74, 6) is 0.597. The van der Waals surface area contributed by atoms with Crippen LogP contribution in [0.15, 0.2) is 34.9 Å². The normalized spacial score (nSPS) is 14.3. The minimum Gasteiger partial charge on any atom is -0.459 e. The topological polar surface area (TPSA) is 101 Å². The first-order chi connectivity index (χ1) is 13.2. The van der Waals surface area contributed by atoms with E-state index in [0.717, 1.165) is 13.0 Å². The van der Waals surface area contributed by atoms with Gasteiger partial charge in [-0.3, -0.25) is 9.59 Å². The molecule has 0 aromatic carbocycles. The fraction of sp³-hybridized carbons (Fsp3) is 0.444. The Hall–Kier alpha value is -2.94. The van der Waals surface area contributed by atoms with Gasteiger partial charge in [-0.15, -0.1) is 10.2 Å². The molecule has 1 fully saturated rings. The molecule has 0 bridgehead atoms. The number of furan rings is 1. The summed E-state index contributed by atoms with van der Waals surface area (Å²) in [6, 6.07) is 6.72. The second-order valence-corrected chi connectivity index (χ2v) is 6.14. The van der Waals surface area contributed by atoms with Crippen molar-refractivity contribution in [3.8, 4) is 0 Å². The van der Waals surface area contributed by atoms with Gasteiger partial charge in [0.25, 0.3) is 11.8 Å². The van der Waals surface area contributed by atoms with Gasteiger partial charge in [-0.25, -0.2) is 0 Å². The average molecular weight is 373 g/mol. The van der Waals surface area contributed by atoms with Crippen LogP contribution in [0.2, 0.25) is 0 Å². The molecule has 9 nitrogen and oxygen atoms in total. The van der Waals surface area contributed by atoms with E-state index in [1.54, 1.807) is 41.2 Å². The third kappa shape index (κ3) is 4.82. The van der Waals surface area contributed by atoms with Crippen molar-refractivity contribution < 1.29 is 18.7 Å². The quantitative estimate of drug-likeness (QED) is 0.726. The summed E-state index contributed by atoms with van der Waals surface area (Å²) in [5, 5.41) is 11.2. The van der Waals surface area contributed by atoms with Crippen molar-refractivity contribution in [1.82, 2.24) is 20.0 Å². The summed E-state index contributed by atoms with van der Waals surface area (Å²) in [5.41, 5.74) is 0.295. The van der Waals surface area contributed by atoms with Gasteiger partial charge in [0.1, 0.15) is 5.82 Å². The molecule has 0 atom stereocenters. The molecule has 0 saturated carbocycles. The highest BCUT2D eigenvalue weighted by Crippen LogP contribution is 2.12. The van der Waals surface area contributed by atoms with Crippen molar-refractivity contribution >= 4 is 17.6 Å². The predicted octanol–water partition coefficient (Wildman–Crippen LogP) is 1.12. The van der Waals surface area contributed by atoms with Crippen LogP contribution in [0.4, 0.5) is 5.82 Å². The Morgan fingerprint density at radius 1 is 1.11 bits per heavy atom. The molecule has 0 unspecified atom stereocenters. The minimum atomic E-state index is -0.182. The van der Waals surface area contributed by atoms with Crippen LogP contribution in [0, 0.1) is 0 Å². The van der Waals surface area contributed by atoms with Crippen LogP contribution in [0.3, 0.4) is 0 Å². The number of amides is 2. The van der Waals surface area contributed by atoms with E-state index < -0.39 is 0 Å². The molecule has 9 heteroatoms. The lowest BCUT2D eigenvalue weighted by molar-refractivity contribution is 0.0514. The highest BCUT2D eigenvalue weighted by atomic mass is 16.5. The molecule has 0 radical (unpaired) electrons. The second-order valence-electron chi connectivity index (χ2n) is 6.14. The van der Waals surface area contributed by atoms with Gasteiger partial charge in [-0.1, -0.05) is 0 Å². The van der Waals surface area contributed by atoms with E-state index in [1.807, 2.05) is 0 Å². The van der Waals surface area contributed by atoms with E-state index in [2.05, 4.69) is 15.5 Å². The lowest BCUT2D eigenvalue weighted by atomic mass is 10.2. The Kier molecular flexibility index (Phi) is 6.37. The van der Waals surface area contributed by atoms with Crippen LogP contribution < -0.4 is 5.32 Å². The molecule has 1 aliphatic heterocycles. The van der Waals surface area contributed by atoms with E-state index >= 15 is 0 Å². The Morgan fingerprint density at radius 3 is 2.44 bits per heavy atom. The summed E-state index contributed by atoms with van der Waals surface area (Å²) in [6.45, 7) is 3.20. The smallest absolute Gasteiger partial charge is 0.289 e. The number of rotatable bonds is 7. The van der Waals surface area contributed by atoms with E-state index in [0.29, 0.717) is 50.1 Å². The maximum atomic E-state index is 12.6. The zero-order valence-corrected chi connectivity index (χ0v) is 15.3. The highest BCUT2D eigenvalue weighted by Gasteiger charge is 2.27. The number of methoxy groups -OCH3 is 1. The molecule has 3 heterocycles. The third-order valence-electron chi connectivity index (χ3n) is 4.30. The number of nitrogens with zero attached hydrogens (tertiary/aromatic N) is 4. The molecule has 0 aliphatic carbocycles. The minimum absolute atomic E-state index is 0.157. The van der Waals surface area contributed by atoms with Gasteiger partial charge < -0.3 is 24.3 Å². The van der Waals surface area contributed by atoms with Crippen molar-refractivity contribution in [2.75, 3.05) is 51.8 Å². The summed E-state index contributed by atoms with van der Waals surface area (Å²) < 4.78 is 10.1. The molecular weight excluding hydrogens is 350 g/mol. The summed E-state index contributed by atoms with van der Waals surface area (Å²) >= 11 is 0. The predicted molar refractivity (Wildman–Crippen MR) is 97.5 cm³/mol. The van der Waals surface area contributed by atoms with Gasteiger partial charge >= 0.3 is 0 Å². The van der Waals surface area contributed by atoms with Gasteiger partial charge in [0.15, 0.2) is 11.5 Å². The molecule has 2 amide bonds. The fourth-order valence-corrected chi connectivity index (χ4v) is 2.80. The zero-order valence-electron chi connectivity index (χ0n) is 15.3. The fourth-order valence-electron chi connectivity index (χ4n) is 2.80. The lowest BCUT2D eigenvalue weighted by Gasteiger charge is -2.34. The monoisotopic (exact) mass is 373 g/mol. The molecule has 0 spiro atoms. The van der Waals surface area contributed by atoms with Crippen molar-refractivity contribution in [1.29, 1.82) is 0 Å². The standard InChI is InChI=1S/C18H23N5O4/c1-26-12-3-7-19-16-6-5-14(20-21-16)17(24)22-8-10-23(11-9-22)18(25)15-4-2-13-27-15/h2,4-6,13H,3,7-12H2,1H3,(H,19,21). The van der Waals surface area contributed by atoms with Gasteiger partial charge in [-0.2, -0.15) is 0 Å². The van der Waals surface area contributed by atoms with Gasteiger partial charge in [0.05, 0.1) is 6.26 Å². The largest absolute Gasteiger partial charge is 0.459 e. The number of aromatic nitrogens is 2. The van der Waals surface area contributed by atoms with E-state index in [4.69, 9.17) is 9.15 Å². The first kappa shape index (κ1) is 18.8. The van der Waals surface area contributed by atoms with E-state index in [1.165, 1.54) is 6.26 Å². The Bertz CT molecular complexity index is 740. The molecule has 27 heavy (non-hydrogen) atoms. The van der Waals surface area contributed by atoms with Gasteiger partial charge in [-0.05, 0) is 30.7 Å². The molecule has 3 rings (SSSR count). The van der Waals surface area contributed by atoms with Crippen LogP contribution in [0.25, 0.3) is 0 Å². The highest BCUT2D eigenvalue weighted by molar-refractivity contribution is 5.93. The maximum Gasteiger partial charge on any atom is 0.289 e. The third-order valence-corrected chi connectivity index (χ3v) is 4.30.